The van der Waals surface area contributed by atoms with Crippen LogP contribution in [-0.2, 0) is 0 Å². The molecule has 1 unspecified atom stereocenters. The second kappa shape index (κ2) is 5.82. The molecule has 1 fully saturated rings. The predicted molar refractivity (Wildman–Crippen MR) is 70.4 cm³/mol. The molecule has 0 aliphatic carbocycles. The van der Waals surface area contributed by atoms with E-state index in [0.717, 1.165) is 24.2 Å². The van der Waals surface area contributed by atoms with Gasteiger partial charge in [-0.05, 0) is 25.7 Å². The van der Waals surface area contributed by atoms with Gasteiger partial charge in [0, 0.05) is 17.9 Å². The van der Waals surface area contributed by atoms with Gasteiger partial charge < -0.3 is 4.90 Å². The maximum Gasteiger partial charge on any atom is 0.225 e. The van der Waals surface area contributed by atoms with Gasteiger partial charge in [-0.1, -0.05) is 27.5 Å². The molecule has 0 bridgehead atoms. The lowest BCUT2D eigenvalue weighted by molar-refractivity contribution is 0.446. The fourth-order valence-electron chi connectivity index (χ4n) is 2.14. The molecule has 2 heterocycles. The van der Waals surface area contributed by atoms with Gasteiger partial charge in [-0.15, -0.1) is 0 Å². The van der Waals surface area contributed by atoms with Crippen molar-refractivity contribution in [3.8, 4) is 0 Å². The lowest BCUT2D eigenvalue weighted by Gasteiger charge is -2.35. The molecule has 0 aromatic carbocycles. The van der Waals surface area contributed by atoms with Gasteiger partial charge in [-0.3, -0.25) is 0 Å². The highest BCUT2D eigenvalue weighted by molar-refractivity contribution is 9.09. The molecule has 1 aromatic heterocycles. The third-order valence-corrected chi connectivity index (χ3v) is 3.59. The second-order valence-corrected chi connectivity index (χ2v) is 5.25. The molecule has 1 atom stereocenters. The van der Waals surface area contributed by atoms with Crippen LogP contribution in [0.4, 0.5) is 5.95 Å². The summed E-state index contributed by atoms with van der Waals surface area (Å²) in [5.74, 6) is 0.815. The lowest BCUT2D eigenvalue weighted by Crippen LogP contribution is -2.40. The topological polar surface area (TPSA) is 29.0 Å². The molecule has 88 valence electrons. The molecule has 3 nitrogen and oxygen atoms in total. The Labute approximate surface area is 109 Å². The zero-order valence-electron chi connectivity index (χ0n) is 9.07. The summed E-state index contributed by atoms with van der Waals surface area (Å²) in [7, 11) is 0. The number of piperidine rings is 1. The first-order valence-corrected chi connectivity index (χ1v) is 7.11. The van der Waals surface area contributed by atoms with Crippen molar-refractivity contribution in [3.63, 3.8) is 0 Å². The van der Waals surface area contributed by atoms with Crippen LogP contribution >= 0.6 is 27.5 Å². The van der Waals surface area contributed by atoms with Crippen molar-refractivity contribution in [1.82, 2.24) is 9.97 Å². The molecule has 0 amide bonds. The maximum atomic E-state index is 5.80. The van der Waals surface area contributed by atoms with E-state index in [0.29, 0.717) is 11.1 Å². The van der Waals surface area contributed by atoms with E-state index in [1.165, 1.54) is 19.3 Å². The first kappa shape index (κ1) is 12.1. The second-order valence-electron chi connectivity index (χ2n) is 4.02. The maximum absolute atomic E-state index is 5.80. The molecule has 0 N–H and O–H groups in total. The minimum absolute atomic E-state index is 0.564. The quantitative estimate of drug-likeness (QED) is 0.803. The Bertz CT molecular complexity index is 329. The Morgan fingerprint density at radius 1 is 1.38 bits per heavy atom. The van der Waals surface area contributed by atoms with Crippen LogP contribution in [0.1, 0.15) is 25.7 Å². The van der Waals surface area contributed by atoms with E-state index < -0.39 is 0 Å². The SMILES string of the molecule is Clc1cnc(N2CCCCC2CCBr)nc1. The number of halogens is 2. The molecule has 0 spiro atoms. The van der Waals surface area contributed by atoms with E-state index in [2.05, 4.69) is 30.8 Å². The average Bonchev–Trinajstić information content (AvgIpc) is 2.32. The number of anilines is 1. The number of hydrogen-bond donors (Lipinski definition) is 0. The molecule has 0 radical (unpaired) electrons. The first-order valence-electron chi connectivity index (χ1n) is 5.61. The highest BCUT2D eigenvalue weighted by Gasteiger charge is 2.23. The number of hydrogen-bond acceptors (Lipinski definition) is 3. The standard InChI is InChI=1S/C11H15BrClN3/c12-5-4-10-3-1-2-6-16(10)11-14-7-9(13)8-15-11/h7-8,10H,1-6H2. The van der Waals surface area contributed by atoms with Crippen molar-refractivity contribution in [2.24, 2.45) is 0 Å². The Hall–Kier alpha value is -0.350. The van der Waals surface area contributed by atoms with Crippen molar-refractivity contribution in [1.29, 1.82) is 0 Å². The van der Waals surface area contributed by atoms with Crippen molar-refractivity contribution in [2.75, 3.05) is 16.8 Å². The van der Waals surface area contributed by atoms with Crippen LogP contribution < -0.4 is 4.90 Å². The van der Waals surface area contributed by atoms with Crippen LogP contribution in [0.2, 0.25) is 5.02 Å². The summed E-state index contributed by atoms with van der Waals surface area (Å²) in [5.41, 5.74) is 0. The van der Waals surface area contributed by atoms with Crippen molar-refractivity contribution >= 4 is 33.5 Å². The smallest absolute Gasteiger partial charge is 0.225 e. The normalized spacial score (nSPS) is 21.1. The van der Waals surface area contributed by atoms with Gasteiger partial charge >= 0.3 is 0 Å². The Kier molecular flexibility index (Phi) is 4.41. The minimum atomic E-state index is 0.564. The highest BCUT2D eigenvalue weighted by Crippen LogP contribution is 2.24. The van der Waals surface area contributed by atoms with Gasteiger partial charge in [0.25, 0.3) is 0 Å². The van der Waals surface area contributed by atoms with E-state index >= 15 is 0 Å². The molecular weight excluding hydrogens is 289 g/mol. The van der Waals surface area contributed by atoms with Crippen LogP contribution in [0, 0.1) is 0 Å². The van der Waals surface area contributed by atoms with Crippen molar-refractivity contribution < 1.29 is 0 Å². The van der Waals surface area contributed by atoms with E-state index in [1.807, 2.05) is 0 Å². The number of rotatable bonds is 3. The van der Waals surface area contributed by atoms with Gasteiger partial charge in [0.2, 0.25) is 5.95 Å². The summed E-state index contributed by atoms with van der Waals surface area (Å²) in [6.07, 6.45) is 8.25. The van der Waals surface area contributed by atoms with Crippen LogP contribution in [0.3, 0.4) is 0 Å². The monoisotopic (exact) mass is 303 g/mol. The average molecular weight is 305 g/mol. The summed E-state index contributed by atoms with van der Waals surface area (Å²) < 4.78 is 0. The molecule has 16 heavy (non-hydrogen) atoms. The van der Waals surface area contributed by atoms with Crippen molar-refractivity contribution in [2.45, 2.75) is 31.7 Å². The number of alkyl halides is 1. The number of nitrogens with zero attached hydrogens (tertiary/aromatic N) is 3. The summed E-state index contributed by atoms with van der Waals surface area (Å²) in [4.78, 5) is 10.9. The predicted octanol–water partition coefficient (Wildman–Crippen LogP) is 3.27. The van der Waals surface area contributed by atoms with Gasteiger partial charge in [-0.25, -0.2) is 9.97 Å². The Morgan fingerprint density at radius 2 is 2.12 bits per heavy atom. The summed E-state index contributed by atoms with van der Waals surface area (Å²) in [5, 5.41) is 1.62. The molecule has 1 aliphatic rings. The van der Waals surface area contributed by atoms with Gasteiger partial charge in [0.15, 0.2) is 0 Å². The zero-order valence-corrected chi connectivity index (χ0v) is 11.4. The van der Waals surface area contributed by atoms with E-state index in [4.69, 9.17) is 11.6 Å². The lowest BCUT2D eigenvalue weighted by atomic mass is 10.0. The number of aromatic nitrogens is 2. The molecule has 1 aromatic rings. The largest absolute Gasteiger partial charge is 0.338 e. The fourth-order valence-corrected chi connectivity index (χ4v) is 2.77. The van der Waals surface area contributed by atoms with Gasteiger partial charge in [0.05, 0.1) is 17.4 Å². The fraction of sp³-hybridized carbons (Fsp3) is 0.636. The highest BCUT2D eigenvalue weighted by atomic mass is 79.9. The molecule has 5 heteroatoms. The van der Waals surface area contributed by atoms with Crippen LogP contribution in [0.25, 0.3) is 0 Å². The van der Waals surface area contributed by atoms with E-state index in [1.54, 1.807) is 12.4 Å². The Balaban J connectivity index is 2.13. The van der Waals surface area contributed by atoms with Crippen LogP contribution in [0.15, 0.2) is 12.4 Å². The first-order chi connectivity index (χ1) is 7.81. The van der Waals surface area contributed by atoms with Crippen molar-refractivity contribution in [3.05, 3.63) is 17.4 Å². The molecule has 1 aliphatic heterocycles. The molecule has 0 saturated carbocycles. The summed E-state index contributed by atoms with van der Waals surface area (Å²) in [6, 6.07) is 0.564. The summed E-state index contributed by atoms with van der Waals surface area (Å²) >= 11 is 9.31. The molecule has 2 rings (SSSR count). The minimum Gasteiger partial charge on any atom is -0.338 e. The molecular formula is C11H15BrClN3. The summed E-state index contributed by atoms with van der Waals surface area (Å²) in [6.45, 7) is 1.05. The van der Waals surface area contributed by atoms with E-state index in [9.17, 15) is 0 Å². The van der Waals surface area contributed by atoms with Crippen LogP contribution in [0.5, 0.6) is 0 Å². The van der Waals surface area contributed by atoms with E-state index in [-0.39, 0.29) is 0 Å². The molecule has 1 saturated heterocycles. The van der Waals surface area contributed by atoms with Gasteiger partial charge in [-0.2, -0.15) is 0 Å². The zero-order chi connectivity index (χ0) is 11.4. The van der Waals surface area contributed by atoms with Gasteiger partial charge in [0.1, 0.15) is 0 Å². The van der Waals surface area contributed by atoms with Crippen LogP contribution in [-0.4, -0.2) is 27.9 Å². The Morgan fingerprint density at radius 3 is 2.81 bits per heavy atom. The third kappa shape index (κ3) is 2.86. The third-order valence-electron chi connectivity index (χ3n) is 2.93.